The van der Waals surface area contributed by atoms with E-state index in [2.05, 4.69) is 14.1 Å². The first-order chi connectivity index (χ1) is 10.6. The maximum atomic E-state index is 11.4. The first kappa shape index (κ1) is 24.8. The molecule has 0 aromatic heterocycles. The molecule has 2 rings (SSSR count). The molecule has 0 aliphatic carbocycles. The number of nitrogens with one attached hydrogen (secondary N) is 1. The molecule has 0 heterocycles. The van der Waals surface area contributed by atoms with Crippen LogP contribution in [0, 0.1) is 0 Å². The Labute approximate surface area is 172 Å². The third kappa shape index (κ3) is 6.47. The maximum Gasteiger partial charge on any atom is 1.00 e. The molecule has 0 aliphatic rings. The minimum atomic E-state index is -4.80. The number of sulfonamides is 1. The van der Waals surface area contributed by atoms with Crippen molar-refractivity contribution < 1.29 is 73.7 Å². The number of hydrogen-bond donors (Lipinski definition) is 1. The number of fused-ring (bicyclic) bond motifs is 1. The second-order valence-corrected chi connectivity index (χ2v) is 8.18. The molecule has 0 saturated carbocycles. The molecule has 0 radical (unpaired) electrons. The molecule has 25 heavy (non-hydrogen) atoms. The van der Waals surface area contributed by atoms with Crippen molar-refractivity contribution in [1.82, 2.24) is 0 Å². The van der Waals surface area contributed by atoms with Gasteiger partial charge in [-0.05, 0) is 18.2 Å². The molecule has 0 saturated heterocycles. The Kier molecular flexibility index (Phi) is 9.56. The molecule has 126 valence electrons. The number of hydrogen-bond acceptors (Lipinski definition) is 9. The molecule has 0 spiro atoms. The van der Waals surface area contributed by atoms with Crippen LogP contribution in [0.5, 0.6) is 0 Å². The first-order valence-electron chi connectivity index (χ1n) is 5.76. The quantitative estimate of drug-likeness (QED) is 0.167. The minimum Gasteiger partial charge on any atom is -0.744 e. The second kappa shape index (κ2) is 9.64. The van der Waals surface area contributed by atoms with E-state index >= 15 is 0 Å². The monoisotopic (exact) mass is 393 g/mol. The predicted molar refractivity (Wildman–Crippen MR) is 78.4 cm³/mol. The maximum absolute atomic E-state index is 11.4. The van der Waals surface area contributed by atoms with Crippen molar-refractivity contribution in [2.24, 2.45) is 0 Å². The molecule has 14 heteroatoms. The van der Waals surface area contributed by atoms with Crippen LogP contribution < -0.4 is 47.7 Å². The van der Waals surface area contributed by atoms with Crippen molar-refractivity contribution in [2.75, 3.05) is 11.0 Å². The zero-order valence-electron chi connectivity index (χ0n) is 13.4. The fourth-order valence-electron chi connectivity index (χ4n) is 1.97. The van der Waals surface area contributed by atoms with E-state index in [-0.39, 0.29) is 59.1 Å². The summed E-state index contributed by atoms with van der Waals surface area (Å²) in [7, 11) is -8.47. The van der Waals surface area contributed by atoms with E-state index in [1.54, 1.807) is 0 Å². The van der Waals surface area contributed by atoms with E-state index in [1.165, 1.54) is 18.2 Å². The molecule has 2 aromatic rings. The molecule has 0 amide bonds. The Morgan fingerprint density at radius 3 is 2.24 bits per heavy atom. The van der Waals surface area contributed by atoms with E-state index in [4.69, 9.17) is 0 Å². The third-order valence-corrected chi connectivity index (χ3v) is 4.81. The summed E-state index contributed by atoms with van der Waals surface area (Å²) >= 11 is 0.443. The van der Waals surface area contributed by atoms with E-state index in [0.717, 1.165) is 18.4 Å². The van der Waals surface area contributed by atoms with Crippen LogP contribution in [0.3, 0.4) is 0 Å². The topological polar surface area (TPSA) is 145 Å². The molecule has 0 fully saturated rings. The van der Waals surface area contributed by atoms with Gasteiger partial charge in [-0.1, -0.05) is 12.1 Å². The summed E-state index contributed by atoms with van der Waals surface area (Å²) < 4.78 is 63.4. The second-order valence-electron chi connectivity index (χ2n) is 4.34. The summed E-state index contributed by atoms with van der Waals surface area (Å²) in [4.78, 5) is -0.355. The van der Waals surface area contributed by atoms with Gasteiger partial charge in [0.05, 0.1) is 28.9 Å². The molecular weight excluding hydrogens is 384 g/mol. The molecule has 0 unspecified atom stereocenters. The first-order valence-corrected chi connectivity index (χ1v) is 9.80. The molecule has 0 atom stereocenters. The minimum absolute atomic E-state index is 0. The van der Waals surface area contributed by atoms with Crippen LogP contribution in [0.2, 0.25) is 0 Å². The Hall–Kier alpha value is -0.215. The largest absolute Gasteiger partial charge is 1.00 e. The molecule has 1 N–H and O–H groups in total. The van der Waals surface area contributed by atoms with E-state index in [9.17, 15) is 26.6 Å². The Balaban J connectivity index is 0.00000288. The Morgan fingerprint density at radius 2 is 1.72 bits per heavy atom. The van der Waals surface area contributed by atoms with Gasteiger partial charge in [0, 0.05) is 15.7 Å². The van der Waals surface area contributed by atoms with Crippen LogP contribution in [0.4, 0.5) is 5.69 Å². The molecular formula is C11H9Li2NO8S3. The van der Waals surface area contributed by atoms with Crippen molar-refractivity contribution in [2.45, 2.75) is 9.79 Å². The van der Waals surface area contributed by atoms with Gasteiger partial charge >= 0.3 is 37.7 Å². The Bertz CT molecular complexity index is 949. The van der Waals surface area contributed by atoms with Gasteiger partial charge in [0.2, 0.25) is 10.0 Å². The normalized spacial score (nSPS) is 11.5. The van der Waals surface area contributed by atoms with Crippen LogP contribution in [0.1, 0.15) is 0 Å². The van der Waals surface area contributed by atoms with Gasteiger partial charge < -0.3 is 9.81 Å². The zero-order chi connectivity index (χ0) is 17.3. The van der Waals surface area contributed by atoms with Crippen LogP contribution in [-0.2, 0) is 29.5 Å². The van der Waals surface area contributed by atoms with E-state index < -0.39 is 25.0 Å². The summed E-state index contributed by atoms with van der Waals surface area (Å²) in [6.45, 7) is 0. The van der Waals surface area contributed by atoms with Crippen LogP contribution in [0.15, 0.2) is 40.1 Å². The average molecular weight is 393 g/mol. The van der Waals surface area contributed by atoms with Gasteiger partial charge in [-0.3, -0.25) is 9.76 Å². The average Bonchev–Trinajstić information content (AvgIpc) is 2.42. The van der Waals surface area contributed by atoms with Crippen molar-refractivity contribution in [3.8, 4) is 0 Å². The van der Waals surface area contributed by atoms with E-state index in [1.807, 2.05) is 0 Å². The van der Waals surface area contributed by atoms with Crippen LogP contribution >= 0.6 is 12.0 Å². The number of anilines is 1. The summed E-state index contributed by atoms with van der Waals surface area (Å²) in [5.41, 5.74) is 0.0208. The van der Waals surface area contributed by atoms with Gasteiger partial charge in [0.25, 0.3) is 0 Å². The fraction of sp³-hybridized carbons (Fsp3) is 0.0909. The molecule has 0 aliphatic heterocycles. The van der Waals surface area contributed by atoms with Gasteiger partial charge in [0.15, 0.2) is 0 Å². The molecule has 0 bridgehead atoms. The zero-order valence-corrected chi connectivity index (χ0v) is 15.8. The summed E-state index contributed by atoms with van der Waals surface area (Å²) in [5.74, 6) is 0. The standard InChI is InChI=1S/C11H11NO8S3.2Li/c1-22(14,15)12-8-5-6-10(23(16,17)18)7-3-2-4-9(11(7)8)21-20-19-13;;/h2-6,12-13H,1H3,(H,16,17,18);;/q;2*+1/p-2. The van der Waals surface area contributed by atoms with Crippen molar-refractivity contribution in [3.63, 3.8) is 0 Å². The fourth-order valence-corrected chi connectivity index (χ4v) is 3.75. The number of rotatable bonds is 6. The van der Waals surface area contributed by atoms with Crippen LogP contribution in [-0.4, -0.2) is 27.6 Å². The van der Waals surface area contributed by atoms with Gasteiger partial charge in [-0.15, -0.1) is 0 Å². The van der Waals surface area contributed by atoms with Gasteiger partial charge in [0.1, 0.15) is 10.1 Å². The van der Waals surface area contributed by atoms with Gasteiger partial charge in [-0.25, -0.2) is 16.8 Å². The third-order valence-electron chi connectivity index (χ3n) is 2.68. The number of benzene rings is 2. The van der Waals surface area contributed by atoms with Crippen LogP contribution in [0.25, 0.3) is 10.8 Å². The van der Waals surface area contributed by atoms with Crippen molar-refractivity contribution >= 4 is 48.6 Å². The SMILES string of the molecule is CS(=O)(=O)Nc1ccc(S(=O)(=O)[O-])c2cccc(SOO[O-])c12.[Li+].[Li+]. The summed E-state index contributed by atoms with van der Waals surface area (Å²) in [5, 5.41) is 13.3. The summed E-state index contributed by atoms with van der Waals surface area (Å²) in [6, 6.07) is 6.31. The van der Waals surface area contributed by atoms with Gasteiger partial charge in [-0.2, -0.15) is 4.33 Å². The predicted octanol–water partition coefficient (Wildman–Crippen LogP) is -5.65. The smallest absolute Gasteiger partial charge is 0.744 e. The Morgan fingerprint density at radius 1 is 1.08 bits per heavy atom. The van der Waals surface area contributed by atoms with E-state index in [0.29, 0.717) is 12.0 Å². The van der Waals surface area contributed by atoms with Crippen molar-refractivity contribution in [3.05, 3.63) is 30.3 Å². The van der Waals surface area contributed by atoms with Crippen molar-refractivity contribution in [1.29, 1.82) is 0 Å². The molecule has 9 nitrogen and oxygen atoms in total. The molecule has 2 aromatic carbocycles. The summed E-state index contributed by atoms with van der Waals surface area (Å²) in [6.07, 6.45) is 0.907.